The molecule has 2 atom stereocenters. The van der Waals surface area contributed by atoms with Gasteiger partial charge in [0.25, 0.3) is 0 Å². The maximum Gasteiger partial charge on any atom is 0.0769 e. The Morgan fingerprint density at radius 3 is 2.94 bits per heavy atom. The lowest BCUT2D eigenvalue weighted by atomic mass is 9.85. The van der Waals surface area contributed by atoms with E-state index in [1.165, 1.54) is 16.8 Å². The molecule has 1 aromatic rings. The Hall–Kier alpha value is -1.54. The fourth-order valence-corrected chi connectivity index (χ4v) is 2.84. The lowest BCUT2D eigenvalue weighted by Crippen LogP contribution is -2.41. The van der Waals surface area contributed by atoms with Crippen molar-refractivity contribution in [3.63, 3.8) is 0 Å². The fraction of sp³-hybridized carbons (Fsp3) is 0.286. The van der Waals surface area contributed by atoms with Crippen LogP contribution in [0.1, 0.15) is 24.8 Å². The second-order valence-corrected chi connectivity index (χ2v) is 4.42. The number of hydrazine groups is 1. The summed E-state index contributed by atoms with van der Waals surface area (Å²) in [6.07, 6.45) is 7.69. The first-order chi connectivity index (χ1) is 7.83. The van der Waals surface area contributed by atoms with E-state index in [0.29, 0.717) is 12.0 Å². The molecule has 1 aliphatic heterocycles. The fourth-order valence-electron chi connectivity index (χ4n) is 2.84. The van der Waals surface area contributed by atoms with E-state index >= 15 is 0 Å². The molecule has 2 nitrogen and oxygen atoms in total. The minimum absolute atomic E-state index is 0.326. The van der Waals surface area contributed by atoms with Crippen LogP contribution in [0, 0.1) is 0 Å². The molecule has 0 saturated heterocycles. The molecule has 2 N–H and O–H groups in total. The molecule has 0 amide bonds. The monoisotopic (exact) mass is 212 g/mol. The van der Waals surface area contributed by atoms with Gasteiger partial charge in [-0.05, 0) is 23.6 Å². The van der Waals surface area contributed by atoms with Crippen LogP contribution in [0.5, 0.6) is 0 Å². The number of anilines is 1. The van der Waals surface area contributed by atoms with Crippen LogP contribution in [0.4, 0.5) is 5.69 Å². The van der Waals surface area contributed by atoms with Gasteiger partial charge in [-0.3, -0.25) is 0 Å². The topological polar surface area (TPSA) is 29.3 Å². The number of nitrogens with zero attached hydrogens (tertiary/aromatic N) is 1. The molecule has 0 fully saturated rings. The number of rotatable bonds is 1. The highest BCUT2D eigenvalue weighted by molar-refractivity contribution is 5.65. The molecule has 82 valence electrons. The zero-order valence-electron chi connectivity index (χ0n) is 9.43. The quantitative estimate of drug-likeness (QED) is 0.725. The molecule has 0 saturated carbocycles. The van der Waals surface area contributed by atoms with Crippen LogP contribution >= 0.6 is 0 Å². The summed E-state index contributed by atoms with van der Waals surface area (Å²) >= 11 is 0. The van der Waals surface area contributed by atoms with Crippen LogP contribution in [0.15, 0.2) is 48.1 Å². The number of para-hydroxylation sites is 1. The summed E-state index contributed by atoms with van der Waals surface area (Å²) in [7, 11) is 0. The molecular formula is C14H16N2. The first kappa shape index (κ1) is 9.67. The molecule has 0 bridgehead atoms. The van der Waals surface area contributed by atoms with Crippen molar-refractivity contribution in [2.24, 2.45) is 5.84 Å². The predicted octanol–water partition coefficient (Wildman–Crippen LogP) is 2.74. The molecule has 0 aromatic heterocycles. The van der Waals surface area contributed by atoms with Gasteiger partial charge in [-0.15, -0.1) is 0 Å². The third-order valence-electron chi connectivity index (χ3n) is 3.63. The molecule has 2 heteroatoms. The molecule has 16 heavy (non-hydrogen) atoms. The van der Waals surface area contributed by atoms with Gasteiger partial charge in [-0.1, -0.05) is 43.4 Å². The lowest BCUT2D eigenvalue weighted by Gasteiger charge is -2.29. The maximum absolute atomic E-state index is 6.23. The third kappa shape index (κ3) is 1.17. The SMILES string of the molecule is CCC1=CC=CC2c3ccccc3N(N)C12. The van der Waals surface area contributed by atoms with E-state index in [1.54, 1.807) is 0 Å². The Kier molecular flexibility index (Phi) is 2.11. The van der Waals surface area contributed by atoms with Crippen molar-refractivity contribution in [2.45, 2.75) is 25.3 Å². The molecule has 0 spiro atoms. The van der Waals surface area contributed by atoms with Crippen molar-refractivity contribution < 1.29 is 0 Å². The van der Waals surface area contributed by atoms with Gasteiger partial charge in [0.05, 0.1) is 11.7 Å². The van der Waals surface area contributed by atoms with E-state index in [1.807, 2.05) is 5.01 Å². The number of nitrogens with two attached hydrogens (primary N) is 1. The van der Waals surface area contributed by atoms with Crippen LogP contribution in [0.25, 0.3) is 0 Å². The minimum Gasteiger partial charge on any atom is -0.303 e. The van der Waals surface area contributed by atoms with Gasteiger partial charge in [0.15, 0.2) is 0 Å². The molecule has 2 aliphatic rings. The highest BCUT2D eigenvalue weighted by atomic mass is 15.4. The van der Waals surface area contributed by atoms with Crippen molar-refractivity contribution in [3.05, 3.63) is 53.6 Å². The minimum atomic E-state index is 0.326. The summed E-state index contributed by atoms with van der Waals surface area (Å²) in [5, 5.41) is 1.93. The van der Waals surface area contributed by atoms with Gasteiger partial charge in [0, 0.05) is 5.92 Å². The van der Waals surface area contributed by atoms with Crippen LogP contribution in [0.3, 0.4) is 0 Å². The lowest BCUT2D eigenvalue weighted by molar-refractivity contribution is 0.641. The summed E-state index contributed by atoms with van der Waals surface area (Å²) in [5.74, 6) is 6.66. The highest BCUT2D eigenvalue weighted by Gasteiger charge is 2.37. The van der Waals surface area contributed by atoms with Crippen LogP contribution < -0.4 is 10.9 Å². The van der Waals surface area contributed by atoms with Gasteiger partial charge < -0.3 is 5.01 Å². The summed E-state index contributed by atoms with van der Waals surface area (Å²) in [6, 6.07) is 8.76. The highest BCUT2D eigenvalue weighted by Crippen LogP contribution is 2.44. The third-order valence-corrected chi connectivity index (χ3v) is 3.63. The first-order valence-corrected chi connectivity index (χ1v) is 5.83. The van der Waals surface area contributed by atoms with Crippen molar-refractivity contribution >= 4 is 5.69 Å². The van der Waals surface area contributed by atoms with E-state index in [0.717, 1.165) is 6.42 Å². The number of hydrogen-bond donors (Lipinski definition) is 1. The molecule has 1 heterocycles. The Balaban J connectivity index is 2.12. The summed E-state index contributed by atoms with van der Waals surface area (Å²) in [4.78, 5) is 0. The van der Waals surface area contributed by atoms with E-state index in [4.69, 9.17) is 5.84 Å². The molecule has 0 radical (unpaired) electrons. The van der Waals surface area contributed by atoms with Crippen LogP contribution in [-0.2, 0) is 0 Å². The van der Waals surface area contributed by atoms with Gasteiger partial charge >= 0.3 is 0 Å². The van der Waals surface area contributed by atoms with Gasteiger partial charge in [0.2, 0.25) is 0 Å². The normalized spacial score (nSPS) is 26.4. The van der Waals surface area contributed by atoms with Crippen molar-refractivity contribution in [1.82, 2.24) is 0 Å². The van der Waals surface area contributed by atoms with E-state index in [-0.39, 0.29) is 0 Å². The number of hydrogen-bond acceptors (Lipinski definition) is 2. The number of benzene rings is 1. The van der Waals surface area contributed by atoms with Gasteiger partial charge in [-0.25, -0.2) is 5.84 Å². The molecule has 1 aromatic carbocycles. The number of fused-ring (bicyclic) bond motifs is 3. The molecule has 1 aliphatic carbocycles. The Morgan fingerprint density at radius 2 is 2.12 bits per heavy atom. The molecular weight excluding hydrogens is 196 g/mol. The van der Waals surface area contributed by atoms with Gasteiger partial charge in [0.1, 0.15) is 0 Å². The van der Waals surface area contributed by atoms with E-state index in [2.05, 4.69) is 49.4 Å². The Labute approximate surface area is 96.0 Å². The second-order valence-electron chi connectivity index (χ2n) is 4.42. The first-order valence-electron chi connectivity index (χ1n) is 5.83. The average molecular weight is 212 g/mol. The summed E-state index contributed by atoms with van der Waals surface area (Å²) < 4.78 is 0. The molecule has 3 rings (SSSR count). The predicted molar refractivity (Wildman–Crippen MR) is 67.2 cm³/mol. The summed E-state index contributed by atoms with van der Waals surface area (Å²) in [6.45, 7) is 2.19. The van der Waals surface area contributed by atoms with Crippen LogP contribution in [-0.4, -0.2) is 6.04 Å². The van der Waals surface area contributed by atoms with E-state index in [9.17, 15) is 0 Å². The Bertz CT molecular complexity index is 473. The standard InChI is InChI=1S/C14H16N2/c1-2-10-6-5-8-12-11-7-3-4-9-13(11)16(15)14(10)12/h3-9,12,14H,2,15H2,1H3. The Morgan fingerprint density at radius 1 is 1.31 bits per heavy atom. The van der Waals surface area contributed by atoms with Crippen LogP contribution in [0.2, 0.25) is 0 Å². The largest absolute Gasteiger partial charge is 0.303 e. The maximum atomic E-state index is 6.23. The van der Waals surface area contributed by atoms with Crippen molar-refractivity contribution in [2.75, 3.05) is 5.01 Å². The smallest absolute Gasteiger partial charge is 0.0769 e. The summed E-state index contributed by atoms with van der Waals surface area (Å²) in [5.41, 5.74) is 3.94. The second kappa shape index (κ2) is 3.49. The number of allylic oxidation sites excluding steroid dienone is 2. The van der Waals surface area contributed by atoms with Crippen molar-refractivity contribution in [1.29, 1.82) is 0 Å². The van der Waals surface area contributed by atoms with Crippen molar-refractivity contribution in [3.8, 4) is 0 Å². The molecule has 2 unspecified atom stereocenters. The zero-order chi connectivity index (χ0) is 11.1. The van der Waals surface area contributed by atoms with E-state index < -0.39 is 0 Å². The van der Waals surface area contributed by atoms with Gasteiger partial charge in [-0.2, -0.15) is 0 Å². The average Bonchev–Trinajstić information content (AvgIpc) is 2.64. The zero-order valence-corrected chi connectivity index (χ0v) is 9.43.